The summed E-state index contributed by atoms with van der Waals surface area (Å²) in [7, 11) is 3.76. The fraction of sp³-hybridized carbons (Fsp3) is 0.375. The Morgan fingerprint density at radius 2 is 1.59 bits per heavy atom. The smallest absolute Gasteiger partial charge is 0.229 e. The molecule has 3 aromatic rings. The lowest BCUT2D eigenvalue weighted by Crippen LogP contribution is -2.60. The number of aliphatic hydroxyl groups excluding tert-OH is 4. The molecule has 2 aromatic carbocycles. The Morgan fingerprint density at radius 1 is 0.892 bits per heavy atom. The zero-order chi connectivity index (χ0) is 27.0. The van der Waals surface area contributed by atoms with Crippen LogP contribution in [0, 0.1) is 0 Å². The van der Waals surface area contributed by atoms with Gasteiger partial charge in [0.05, 0.1) is 27.9 Å². The molecule has 2 heterocycles. The first-order valence-corrected chi connectivity index (χ1v) is 11.0. The normalized spacial score (nSPS) is 23.6. The lowest BCUT2D eigenvalue weighted by molar-refractivity contribution is -0.277. The first kappa shape index (κ1) is 26.3. The fourth-order valence-corrected chi connectivity index (χ4v) is 4.04. The molecule has 1 aliphatic rings. The van der Waals surface area contributed by atoms with Crippen LogP contribution in [0.2, 0.25) is 0 Å². The first-order valence-electron chi connectivity index (χ1n) is 11.0. The average molecular weight is 522 g/mol. The number of ether oxygens (including phenoxy) is 5. The molecule has 0 amide bonds. The molecule has 4 rings (SSSR count). The molecule has 13 nitrogen and oxygen atoms in total. The topological polar surface area (TPSA) is 198 Å². The summed E-state index contributed by atoms with van der Waals surface area (Å²) >= 11 is 0. The lowest BCUT2D eigenvalue weighted by Gasteiger charge is -2.39. The second-order valence-electron chi connectivity index (χ2n) is 8.13. The van der Waals surface area contributed by atoms with E-state index in [4.69, 9.17) is 28.1 Å². The molecule has 0 unspecified atom stereocenters. The van der Waals surface area contributed by atoms with Crippen LogP contribution in [0.25, 0.3) is 22.3 Å². The average Bonchev–Trinajstić information content (AvgIpc) is 2.89. The van der Waals surface area contributed by atoms with Crippen molar-refractivity contribution in [1.29, 1.82) is 0 Å². The third kappa shape index (κ3) is 4.47. The maximum absolute atomic E-state index is 13.1. The molecule has 5 atom stereocenters. The maximum atomic E-state index is 13.1. The molecule has 1 aliphatic heterocycles. The SMILES string of the molecule is COc1cc(-c2cc(=O)c3c(O)c(OC)c(O[C@H]4O[C@H](CO)[C@H](O)[C@@H](O)[C@@H]4O)c(OC)c3o2)ccc1O. The van der Waals surface area contributed by atoms with Gasteiger partial charge in [-0.1, -0.05) is 0 Å². The molecule has 200 valence electrons. The predicted octanol–water partition coefficient (Wildman–Crippen LogP) is 0.0757. The van der Waals surface area contributed by atoms with Gasteiger partial charge in [-0.2, -0.15) is 0 Å². The van der Waals surface area contributed by atoms with Crippen LogP contribution >= 0.6 is 0 Å². The standard InChI is InChI=1S/C24H26O13/c1-32-13-6-9(4-5-10(13)26)12-7-11(27)15-17(29)21(33-2)23(22(34-3)20(15)35-12)37-24-19(31)18(30)16(28)14(8-25)36-24/h4-7,14,16,18-19,24-26,28-31H,8H2,1-3H3/t14-,16+,18-,19+,24-/m1/s1. The van der Waals surface area contributed by atoms with Crippen molar-refractivity contribution >= 4 is 11.0 Å². The Kier molecular flexibility index (Phi) is 7.34. The van der Waals surface area contributed by atoms with E-state index in [1.807, 2.05) is 0 Å². The van der Waals surface area contributed by atoms with Crippen LogP contribution in [0.1, 0.15) is 0 Å². The molecular weight excluding hydrogens is 496 g/mol. The van der Waals surface area contributed by atoms with Crippen molar-refractivity contribution in [3.05, 3.63) is 34.5 Å². The number of benzene rings is 2. The summed E-state index contributed by atoms with van der Waals surface area (Å²) in [5, 5.41) is 60.5. The summed E-state index contributed by atoms with van der Waals surface area (Å²) in [6, 6.07) is 5.36. The van der Waals surface area contributed by atoms with E-state index in [0.717, 1.165) is 6.07 Å². The summed E-state index contributed by atoms with van der Waals surface area (Å²) in [5.74, 6) is -1.61. The minimum Gasteiger partial charge on any atom is -0.504 e. The first-order chi connectivity index (χ1) is 17.7. The van der Waals surface area contributed by atoms with Gasteiger partial charge in [-0.25, -0.2) is 0 Å². The van der Waals surface area contributed by atoms with Crippen LogP contribution in [-0.4, -0.2) is 89.3 Å². The van der Waals surface area contributed by atoms with Crippen LogP contribution in [-0.2, 0) is 4.74 Å². The molecule has 0 spiro atoms. The van der Waals surface area contributed by atoms with Gasteiger partial charge in [-0.15, -0.1) is 0 Å². The van der Waals surface area contributed by atoms with Gasteiger partial charge < -0.3 is 58.7 Å². The van der Waals surface area contributed by atoms with E-state index < -0.39 is 48.5 Å². The minimum atomic E-state index is -1.78. The zero-order valence-electron chi connectivity index (χ0n) is 19.9. The highest BCUT2D eigenvalue weighted by Crippen LogP contribution is 2.51. The van der Waals surface area contributed by atoms with Crippen molar-refractivity contribution in [3.63, 3.8) is 0 Å². The third-order valence-corrected chi connectivity index (χ3v) is 5.97. The van der Waals surface area contributed by atoms with E-state index in [9.17, 15) is 35.4 Å². The number of hydrogen-bond donors (Lipinski definition) is 6. The number of phenols is 2. The van der Waals surface area contributed by atoms with Gasteiger partial charge in [-0.05, 0) is 18.2 Å². The molecule has 0 bridgehead atoms. The fourth-order valence-electron chi connectivity index (χ4n) is 4.04. The Morgan fingerprint density at radius 3 is 2.22 bits per heavy atom. The van der Waals surface area contributed by atoms with Crippen LogP contribution in [0.4, 0.5) is 0 Å². The Hall–Kier alpha value is -3.75. The van der Waals surface area contributed by atoms with Crippen LogP contribution < -0.4 is 24.4 Å². The highest BCUT2D eigenvalue weighted by atomic mass is 16.7. The second kappa shape index (κ2) is 10.3. The number of hydrogen-bond acceptors (Lipinski definition) is 13. The number of rotatable bonds is 7. The number of aromatic hydroxyl groups is 2. The molecule has 0 aliphatic carbocycles. The van der Waals surface area contributed by atoms with Crippen molar-refractivity contribution in [2.45, 2.75) is 30.7 Å². The van der Waals surface area contributed by atoms with E-state index >= 15 is 0 Å². The van der Waals surface area contributed by atoms with Gasteiger partial charge in [0.1, 0.15) is 35.6 Å². The maximum Gasteiger partial charge on any atom is 0.229 e. The molecule has 6 N–H and O–H groups in total. The van der Waals surface area contributed by atoms with Crippen molar-refractivity contribution in [3.8, 4) is 45.8 Å². The molecule has 1 fully saturated rings. The van der Waals surface area contributed by atoms with E-state index in [1.165, 1.54) is 39.5 Å². The minimum absolute atomic E-state index is 0.0254. The van der Waals surface area contributed by atoms with Crippen LogP contribution in [0.5, 0.6) is 34.5 Å². The quantitative estimate of drug-likeness (QED) is 0.244. The monoisotopic (exact) mass is 522 g/mol. The summed E-state index contributed by atoms with van der Waals surface area (Å²) in [6.45, 7) is -0.698. The molecule has 37 heavy (non-hydrogen) atoms. The van der Waals surface area contributed by atoms with Crippen molar-refractivity contribution in [1.82, 2.24) is 0 Å². The molecule has 0 radical (unpaired) electrons. The number of aliphatic hydroxyl groups is 4. The molecular formula is C24H26O13. The number of fused-ring (bicyclic) bond motifs is 1. The second-order valence-corrected chi connectivity index (χ2v) is 8.13. The van der Waals surface area contributed by atoms with Gasteiger partial charge in [0, 0.05) is 11.6 Å². The number of phenolic OH excluding ortho intramolecular Hbond substituents is 2. The Labute approximate surface area is 209 Å². The van der Waals surface area contributed by atoms with Crippen molar-refractivity contribution in [2.75, 3.05) is 27.9 Å². The summed E-state index contributed by atoms with van der Waals surface area (Å²) < 4.78 is 32.8. The molecule has 1 saturated heterocycles. The molecule has 13 heteroatoms. The van der Waals surface area contributed by atoms with Crippen LogP contribution in [0.15, 0.2) is 33.5 Å². The van der Waals surface area contributed by atoms with E-state index in [2.05, 4.69) is 0 Å². The Bertz CT molecular complexity index is 1350. The number of methoxy groups -OCH3 is 3. The highest BCUT2D eigenvalue weighted by molar-refractivity contribution is 5.95. The zero-order valence-corrected chi connectivity index (χ0v) is 19.9. The van der Waals surface area contributed by atoms with Gasteiger partial charge in [0.2, 0.25) is 23.5 Å². The molecule has 1 aromatic heterocycles. The molecule has 0 saturated carbocycles. The van der Waals surface area contributed by atoms with Crippen molar-refractivity contribution < 1.29 is 58.7 Å². The van der Waals surface area contributed by atoms with E-state index in [1.54, 1.807) is 0 Å². The summed E-state index contributed by atoms with van der Waals surface area (Å²) in [4.78, 5) is 13.1. The summed E-state index contributed by atoms with van der Waals surface area (Å²) in [5.41, 5.74) is -0.575. The van der Waals surface area contributed by atoms with Gasteiger partial charge in [-0.3, -0.25) is 4.79 Å². The Balaban J connectivity index is 1.91. The summed E-state index contributed by atoms with van der Waals surface area (Å²) in [6.07, 6.45) is -8.09. The van der Waals surface area contributed by atoms with E-state index in [0.29, 0.717) is 5.56 Å². The van der Waals surface area contributed by atoms with Gasteiger partial charge >= 0.3 is 0 Å². The van der Waals surface area contributed by atoms with Crippen molar-refractivity contribution in [2.24, 2.45) is 0 Å². The van der Waals surface area contributed by atoms with Crippen LogP contribution in [0.3, 0.4) is 0 Å². The highest BCUT2D eigenvalue weighted by Gasteiger charge is 2.45. The third-order valence-electron chi connectivity index (χ3n) is 5.97. The predicted molar refractivity (Wildman–Crippen MR) is 125 cm³/mol. The van der Waals surface area contributed by atoms with Gasteiger partial charge in [0.15, 0.2) is 28.3 Å². The lowest BCUT2D eigenvalue weighted by atomic mass is 9.99. The van der Waals surface area contributed by atoms with E-state index in [-0.39, 0.29) is 45.5 Å². The largest absolute Gasteiger partial charge is 0.504 e. The van der Waals surface area contributed by atoms with Gasteiger partial charge in [0.25, 0.3) is 0 Å².